The zero-order valence-corrected chi connectivity index (χ0v) is 16.3. The van der Waals surface area contributed by atoms with Crippen LogP contribution in [0, 0.1) is 0 Å². The molecular weight excluding hydrogens is 376 g/mol. The Morgan fingerprint density at radius 3 is 2.35 bits per heavy atom. The Morgan fingerprint density at radius 2 is 1.81 bits per heavy atom. The molecule has 0 saturated carbocycles. The van der Waals surface area contributed by atoms with Crippen LogP contribution in [-0.2, 0) is 21.2 Å². The van der Waals surface area contributed by atoms with E-state index in [-0.39, 0.29) is 4.90 Å². The van der Waals surface area contributed by atoms with Crippen molar-refractivity contribution in [3.63, 3.8) is 0 Å². The first-order valence-corrected chi connectivity index (χ1v) is 9.87. The molecule has 0 radical (unpaired) electrons. The summed E-state index contributed by atoms with van der Waals surface area (Å²) in [5.74, 6) is 0.0539. The molecular formula is C18H21ClN2O4S. The molecule has 0 aromatic heterocycles. The number of nitrogens with two attached hydrogens (primary N) is 1. The Balaban J connectivity index is 2.21. The molecule has 0 unspecified atom stereocenters. The van der Waals surface area contributed by atoms with Gasteiger partial charge < -0.3 is 10.1 Å². The molecule has 8 heteroatoms. The van der Waals surface area contributed by atoms with Crippen LogP contribution in [0.2, 0.25) is 5.02 Å². The Kier molecular flexibility index (Phi) is 5.95. The zero-order chi connectivity index (χ0) is 19.5. The van der Waals surface area contributed by atoms with Gasteiger partial charge in [-0.3, -0.25) is 4.79 Å². The summed E-state index contributed by atoms with van der Waals surface area (Å²) in [4.78, 5) is 12.6. The number of sulfonamides is 1. The van der Waals surface area contributed by atoms with Gasteiger partial charge in [0.2, 0.25) is 10.0 Å². The molecule has 2 aromatic carbocycles. The van der Waals surface area contributed by atoms with Gasteiger partial charge in [0.1, 0.15) is 5.75 Å². The van der Waals surface area contributed by atoms with Crippen molar-refractivity contribution in [1.29, 1.82) is 0 Å². The molecule has 0 atom stereocenters. The average Bonchev–Trinajstić information content (AvgIpc) is 2.56. The summed E-state index contributed by atoms with van der Waals surface area (Å²) in [6, 6.07) is 11.2. The molecule has 2 aromatic rings. The topological polar surface area (TPSA) is 98.5 Å². The van der Waals surface area contributed by atoms with E-state index in [0.29, 0.717) is 28.4 Å². The van der Waals surface area contributed by atoms with Crippen molar-refractivity contribution in [3.8, 4) is 5.75 Å². The number of halogens is 1. The van der Waals surface area contributed by atoms with E-state index in [1.54, 1.807) is 50.2 Å². The second-order valence-electron chi connectivity index (χ2n) is 6.24. The van der Waals surface area contributed by atoms with Crippen LogP contribution in [-0.4, -0.2) is 19.9 Å². The van der Waals surface area contributed by atoms with Gasteiger partial charge in [-0.05, 0) is 62.2 Å². The first-order chi connectivity index (χ1) is 12.0. The molecule has 0 aliphatic heterocycles. The smallest absolute Gasteiger partial charge is 0.267 e. The normalized spacial score (nSPS) is 11.9. The standard InChI is InChI=1S/C18H21ClN2O4S/c1-4-12-5-8-14(11-16(12)26(20,23)24)21-17(22)18(2,3)25-15-9-6-13(19)7-10-15/h5-11H,4H2,1-3H3,(H,21,22)(H2,20,23,24). The largest absolute Gasteiger partial charge is 0.478 e. The number of primary sulfonamides is 1. The van der Waals surface area contributed by atoms with Crippen LogP contribution in [0.5, 0.6) is 5.75 Å². The third kappa shape index (κ3) is 4.97. The maximum absolute atomic E-state index is 12.6. The van der Waals surface area contributed by atoms with Gasteiger partial charge >= 0.3 is 0 Å². The van der Waals surface area contributed by atoms with Crippen LogP contribution in [0.3, 0.4) is 0 Å². The van der Waals surface area contributed by atoms with Crippen molar-refractivity contribution in [3.05, 3.63) is 53.1 Å². The van der Waals surface area contributed by atoms with Gasteiger partial charge in [0.25, 0.3) is 5.91 Å². The molecule has 26 heavy (non-hydrogen) atoms. The molecule has 0 saturated heterocycles. The van der Waals surface area contributed by atoms with E-state index in [9.17, 15) is 13.2 Å². The fourth-order valence-electron chi connectivity index (χ4n) is 2.31. The Bertz CT molecular complexity index is 909. The Labute approximate surface area is 158 Å². The van der Waals surface area contributed by atoms with Crippen molar-refractivity contribution in [2.75, 3.05) is 5.32 Å². The first-order valence-electron chi connectivity index (χ1n) is 7.94. The van der Waals surface area contributed by atoms with Crippen LogP contribution in [0.25, 0.3) is 0 Å². The lowest BCUT2D eigenvalue weighted by molar-refractivity contribution is -0.128. The predicted octanol–water partition coefficient (Wildman–Crippen LogP) is 3.35. The lowest BCUT2D eigenvalue weighted by Crippen LogP contribution is -2.42. The summed E-state index contributed by atoms with van der Waals surface area (Å²) in [6.07, 6.45) is 0.505. The van der Waals surface area contributed by atoms with E-state index < -0.39 is 21.5 Å². The van der Waals surface area contributed by atoms with Gasteiger partial charge in [0.05, 0.1) is 4.90 Å². The number of hydrogen-bond donors (Lipinski definition) is 2. The van der Waals surface area contributed by atoms with Crippen LogP contribution in [0.15, 0.2) is 47.4 Å². The summed E-state index contributed by atoms with van der Waals surface area (Å²) >= 11 is 5.83. The van der Waals surface area contributed by atoms with Crippen LogP contribution in [0.4, 0.5) is 5.69 Å². The Hall–Kier alpha value is -2.09. The maximum Gasteiger partial charge on any atom is 0.267 e. The highest BCUT2D eigenvalue weighted by atomic mass is 35.5. The van der Waals surface area contributed by atoms with Crippen LogP contribution in [0.1, 0.15) is 26.3 Å². The quantitative estimate of drug-likeness (QED) is 0.782. The number of carbonyl (C=O) groups is 1. The lowest BCUT2D eigenvalue weighted by Gasteiger charge is -2.25. The van der Waals surface area contributed by atoms with Gasteiger partial charge in [0, 0.05) is 10.7 Å². The zero-order valence-electron chi connectivity index (χ0n) is 14.7. The number of amides is 1. The number of nitrogens with one attached hydrogen (secondary N) is 1. The summed E-state index contributed by atoms with van der Waals surface area (Å²) < 4.78 is 29.2. The molecule has 0 aliphatic rings. The lowest BCUT2D eigenvalue weighted by atomic mass is 10.1. The number of benzene rings is 2. The van der Waals surface area contributed by atoms with Gasteiger partial charge in [0.15, 0.2) is 5.60 Å². The fraction of sp³-hybridized carbons (Fsp3) is 0.278. The number of rotatable bonds is 6. The summed E-state index contributed by atoms with van der Waals surface area (Å²) in [6.45, 7) is 5.04. The fourth-order valence-corrected chi connectivity index (χ4v) is 3.31. The summed E-state index contributed by atoms with van der Waals surface area (Å²) in [7, 11) is -3.89. The number of carbonyl (C=O) groups excluding carboxylic acids is 1. The molecule has 0 aliphatic carbocycles. The minimum Gasteiger partial charge on any atom is -0.478 e. The van der Waals surface area contributed by atoms with Crippen molar-refractivity contribution in [2.24, 2.45) is 5.14 Å². The van der Waals surface area contributed by atoms with Gasteiger partial charge in [-0.15, -0.1) is 0 Å². The van der Waals surface area contributed by atoms with Gasteiger partial charge in [-0.2, -0.15) is 0 Å². The third-order valence-corrected chi connectivity index (χ3v) is 4.99. The van der Waals surface area contributed by atoms with E-state index >= 15 is 0 Å². The molecule has 3 N–H and O–H groups in total. The van der Waals surface area contributed by atoms with Crippen molar-refractivity contribution < 1.29 is 17.9 Å². The monoisotopic (exact) mass is 396 g/mol. The van der Waals surface area contributed by atoms with Crippen molar-refractivity contribution in [1.82, 2.24) is 0 Å². The molecule has 6 nitrogen and oxygen atoms in total. The van der Waals surface area contributed by atoms with Gasteiger partial charge in [-0.25, -0.2) is 13.6 Å². The molecule has 140 valence electrons. The van der Waals surface area contributed by atoms with Crippen LogP contribution >= 0.6 is 11.6 Å². The highest BCUT2D eigenvalue weighted by Crippen LogP contribution is 2.24. The highest BCUT2D eigenvalue weighted by molar-refractivity contribution is 7.89. The van der Waals surface area contributed by atoms with E-state index in [0.717, 1.165) is 0 Å². The third-order valence-electron chi connectivity index (χ3n) is 3.75. The first kappa shape index (κ1) is 20.2. The number of hydrogen-bond acceptors (Lipinski definition) is 4. The molecule has 2 rings (SSSR count). The molecule has 0 fully saturated rings. The minimum atomic E-state index is -3.89. The van der Waals surface area contributed by atoms with E-state index in [4.69, 9.17) is 21.5 Å². The second kappa shape index (κ2) is 7.65. The van der Waals surface area contributed by atoms with Gasteiger partial charge in [-0.1, -0.05) is 24.6 Å². The van der Waals surface area contributed by atoms with E-state index in [1.165, 1.54) is 6.07 Å². The highest BCUT2D eigenvalue weighted by Gasteiger charge is 2.30. The average molecular weight is 397 g/mol. The van der Waals surface area contributed by atoms with Crippen molar-refractivity contribution >= 4 is 33.2 Å². The van der Waals surface area contributed by atoms with E-state index in [2.05, 4.69) is 5.32 Å². The molecule has 0 heterocycles. The summed E-state index contributed by atoms with van der Waals surface area (Å²) in [5.41, 5.74) is -0.287. The van der Waals surface area contributed by atoms with Crippen LogP contribution < -0.4 is 15.2 Å². The number of anilines is 1. The minimum absolute atomic E-state index is 0.00535. The maximum atomic E-state index is 12.6. The summed E-state index contributed by atoms with van der Waals surface area (Å²) in [5, 5.41) is 8.49. The SMILES string of the molecule is CCc1ccc(NC(=O)C(C)(C)Oc2ccc(Cl)cc2)cc1S(N)(=O)=O. The predicted molar refractivity (Wildman–Crippen MR) is 102 cm³/mol. The van der Waals surface area contributed by atoms with E-state index in [1.807, 2.05) is 6.92 Å². The number of ether oxygens (including phenoxy) is 1. The number of aryl methyl sites for hydroxylation is 1. The molecule has 0 bridgehead atoms. The second-order valence-corrected chi connectivity index (χ2v) is 8.21. The molecule has 1 amide bonds. The molecule has 0 spiro atoms. The van der Waals surface area contributed by atoms with Crippen molar-refractivity contribution in [2.45, 2.75) is 37.7 Å². The Morgan fingerprint density at radius 1 is 1.19 bits per heavy atom.